The molecule has 1 aromatic carbocycles. The zero-order valence-electron chi connectivity index (χ0n) is 5.88. The van der Waals surface area contributed by atoms with Gasteiger partial charge in [-0.15, -0.1) is 0 Å². The van der Waals surface area contributed by atoms with Gasteiger partial charge in [0.2, 0.25) is 0 Å². The van der Waals surface area contributed by atoms with E-state index in [1.807, 2.05) is 6.07 Å². The van der Waals surface area contributed by atoms with Gasteiger partial charge in [0.1, 0.15) is 11.9 Å². The standard InChI is InChI=1S/C9H7FO/c10-6-1-2-7-5(3-6)4-8-9(7)11-8/h1-3,8-9H,4H2/t8-,9-/m0/s1. The molecule has 3 rings (SSSR count). The first-order valence-electron chi connectivity index (χ1n) is 3.78. The molecule has 0 saturated carbocycles. The van der Waals surface area contributed by atoms with Crippen LogP contribution in [0, 0.1) is 5.82 Å². The van der Waals surface area contributed by atoms with Crippen LogP contribution in [0.25, 0.3) is 0 Å². The third-order valence-corrected chi connectivity index (χ3v) is 2.42. The van der Waals surface area contributed by atoms with E-state index < -0.39 is 0 Å². The quantitative estimate of drug-likeness (QED) is 0.514. The van der Waals surface area contributed by atoms with Gasteiger partial charge in [0, 0.05) is 6.42 Å². The molecule has 11 heavy (non-hydrogen) atoms. The Morgan fingerprint density at radius 2 is 2.36 bits per heavy atom. The summed E-state index contributed by atoms with van der Waals surface area (Å²) < 4.78 is 18.0. The van der Waals surface area contributed by atoms with Crippen molar-refractivity contribution < 1.29 is 9.13 Å². The molecule has 1 saturated heterocycles. The van der Waals surface area contributed by atoms with Crippen LogP contribution in [0.1, 0.15) is 17.2 Å². The minimum atomic E-state index is -0.134. The van der Waals surface area contributed by atoms with Crippen molar-refractivity contribution in [2.75, 3.05) is 0 Å². The third-order valence-electron chi connectivity index (χ3n) is 2.42. The fourth-order valence-corrected chi connectivity index (χ4v) is 1.82. The number of rotatable bonds is 0. The van der Waals surface area contributed by atoms with Crippen LogP contribution in [0.15, 0.2) is 18.2 Å². The minimum Gasteiger partial charge on any atom is -0.364 e. The highest BCUT2D eigenvalue weighted by Crippen LogP contribution is 2.48. The van der Waals surface area contributed by atoms with Crippen LogP contribution in [0.5, 0.6) is 0 Å². The average molecular weight is 150 g/mol. The van der Waals surface area contributed by atoms with Gasteiger partial charge in [-0.2, -0.15) is 0 Å². The van der Waals surface area contributed by atoms with Crippen molar-refractivity contribution in [3.63, 3.8) is 0 Å². The summed E-state index contributed by atoms with van der Waals surface area (Å²) >= 11 is 0. The molecule has 1 fully saturated rings. The molecule has 1 heterocycles. The van der Waals surface area contributed by atoms with E-state index in [0.717, 1.165) is 12.0 Å². The van der Waals surface area contributed by atoms with Crippen LogP contribution in [-0.4, -0.2) is 6.10 Å². The zero-order chi connectivity index (χ0) is 7.42. The van der Waals surface area contributed by atoms with Gasteiger partial charge in [-0.05, 0) is 23.3 Å². The number of benzene rings is 1. The van der Waals surface area contributed by atoms with Crippen molar-refractivity contribution in [1.29, 1.82) is 0 Å². The van der Waals surface area contributed by atoms with Crippen molar-refractivity contribution in [1.82, 2.24) is 0 Å². The summed E-state index contributed by atoms with van der Waals surface area (Å²) in [5.41, 5.74) is 2.32. The molecule has 1 aromatic rings. The first-order valence-corrected chi connectivity index (χ1v) is 3.78. The Morgan fingerprint density at radius 3 is 3.27 bits per heavy atom. The smallest absolute Gasteiger partial charge is 0.123 e. The van der Waals surface area contributed by atoms with E-state index in [0.29, 0.717) is 12.2 Å². The van der Waals surface area contributed by atoms with Crippen molar-refractivity contribution in [2.24, 2.45) is 0 Å². The van der Waals surface area contributed by atoms with Crippen LogP contribution < -0.4 is 0 Å². The van der Waals surface area contributed by atoms with Crippen LogP contribution in [0.2, 0.25) is 0 Å². The number of fused-ring (bicyclic) bond motifs is 3. The van der Waals surface area contributed by atoms with Crippen LogP contribution in [0.4, 0.5) is 4.39 Å². The van der Waals surface area contributed by atoms with E-state index >= 15 is 0 Å². The maximum atomic E-state index is 12.7. The molecule has 1 aliphatic heterocycles. The fraction of sp³-hybridized carbons (Fsp3) is 0.333. The Balaban J connectivity index is 2.18. The van der Waals surface area contributed by atoms with Crippen LogP contribution in [-0.2, 0) is 11.2 Å². The van der Waals surface area contributed by atoms with E-state index in [9.17, 15) is 4.39 Å². The largest absolute Gasteiger partial charge is 0.364 e. The number of hydrogen-bond donors (Lipinski definition) is 0. The van der Waals surface area contributed by atoms with E-state index in [1.165, 1.54) is 11.6 Å². The summed E-state index contributed by atoms with van der Waals surface area (Å²) in [6, 6.07) is 4.95. The van der Waals surface area contributed by atoms with E-state index in [1.54, 1.807) is 6.07 Å². The first kappa shape index (κ1) is 5.72. The van der Waals surface area contributed by atoms with Gasteiger partial charge in [0.15, 0.2) is 0 Å². The molecule has 0 N–H and O–H groups in total. The topological polar surface area (TPSA) is 12.5 Å². The Bertz CT molecular complexity index is 321. The van der Waals surface area contributed by atoms with Crippen LogP contribution in [0.3, 0.4) is 0 Å². The van der Waals surface area contributed by atoms with Gasteiger partial charge in [-0.3, -0.25) is 0 Å². The highest BCUT2D eigenvalue weighted by atomic mass is 19.1. The minimum absolute atomic E-state index is 0.134. The molecule has 0 spiro atoms. The molecule has 56 valence electrons. The predicted molar refractivity (Wildman–Crippen MR) is 37.7 cm³/mol. The monoisotopic (exact) mass is 150 g/mol. The second-order valence-electron chi connectivity index (χ2n) is 3.14. The summed E-state index contributed by atoms with van der Waals surface area (Å²) in [5, 5.41) is 0. The van der Waals surface area contributed by atoms with Gasteiger partial charge < -0.3 is 4.74 Å². The molecule has 0 radical (unpaired) electrons. The van der Waals surface area contributed by atoms with Gasteiger partial charge in [-0.1, -0.05) is 6.07 Å². The van der Waals surface area contributed by atoms with Crippen molar-refractivity contribution in [3.8, 4) is 0 Å². The summed E-state index contributed by atoms with van der Waals surface area (Å²) in [4.78, 5) is 0. The van der Waals surface area contributed by atoms with Gasteiger partial charge in [-0.25, -0.2) is 4.39 Å². The maximum Gasteiger partial charge on any atom is 0.123 e. The fourth-order valence-electron chi connectivity index (χ4n) is 1.82. The molecule has 0 amide bonds. The molecule has 2 heteroatoms. The second-order valence-corrected chi connectivity index (χ2v) is 3.14. The highest BCUT2D eigenvalue weighted by Gasteiger charge is 2.46. The van der Waals surface area contributed by atoms with Crippen molar-refractivity contribution in [2.45, 2.75) is 18.6 Å². The lowest BCUT2D eigenvalue weighted by atomic mass is 10.1. The highest BCUT2D eigenvalue weighted by molar-refractivity contribution is 5.39. The Kier molecular flexibility index (Phi) is 0.853. The Hall–Kier alpha value is -0.890. The molecule has 0 unspecified atom stereocenters. The summed E-state index contributed by atoms with van der Waals surface area (Å²) in [6.45, 7) is 0. The molecule has 0 bridgehead atoms. The Morgan fingerprint density at radius 1 is 1.45 bits per heavy atom. The summed E-state index contributed by atoms with van der Waals surface area (Å²) in [6.07, 6.45) is 1.56. The molecule has 1 aliphatic carbocycles. The van der Waals surface area contributed by atoms with Crippen molar-refractivity contribution in [3.05, 3.63) is 35.1 Å². The average Bonchev–Trinajstić information content (AvgIpc) is 2.63. The normalized spacial score (nSPS) is 31.4. The number of epoxide rings is 1. The van der Waals surface area contributed by atoms with Crippen molar-refractivity contribution >= 4 is 0 Å². The lowest BCUT2D eigenvalue weighted by Gasteiger charge is -2.00. The van der Waals surface area contributed by atoms with Crippen LogP contribution >= 0.6 is 0 Å². The summed E-state index contributed by atoms with van der Waals surface area (Å²) in [5.74, 6) is -0.134. The first-order chi connectivity index (χ1) is 5.34. The molecule has 1 nitrogen and oxygen atoms in total. The molecular weight excluding hydrogens is 143 g/mol. The molecule has 0 aromatic heterocycles. The van der Waals surface area contributed by atoms with E-state index in [4.69, 9.17) is 4.74 Å². The van der Waals surface area contributed by atoms with Gasteiger partial charge >= 0.3 is 0 Å². The van der Waals surface area contributed by atoms with E-state index in [2.05, 4.69) is 0 Å². The lowest BCUT2D eigenvalue weighted by Crippen LogP contribution is -1.89. The predicted octanol–water partition coefficient (Wildman–Crippen LogP) is 1.82. The summed E-state index contributed by atoms with van der Waals surface area (Å²) in [7, 11) is 0. The SMILES string of the molecule is Fc1ccc2c(c1)C[C@@H]1O[C@@H]21. The third kappa shape index (κ3) is 0.676. The number of hydrogen-bond acceptors (Lipinski definition) is 1. The zero-order valence-corrected chi connectivity index (χ0v) is 5.88. The lowest BCUT2D eigenvalue weighted by molar-refractivity contribution is 0.360. The Labute approximate surface area is 63.8 Å². The molecule has 2 atom stereocenters. The van der Waals surface area contributed by atoms with E-state index in [-0.39, 0.29) is 5.82 Å². The second kappa shape index (κ2) is 1.64. The number of ether oxygens (including phenoxy) is 1. The van der Waals surface area contributed by atoms with Gasteiger partial charge in [0.25, 0.3) is 0 Å². The molecular formula is C9H7FO. The maximum absolute atomic E-state index is 12.7. The number of halogens is 1. The molecule has 2 aliphatic rings. The van der Waals surface area contributed by atoms with Gasteiger partial charge in [0.05, 0.1) is 6.10 Å².